The van der Waals surface area contributed by atoms with Crippen LogP contribution in [0.1, 0.15) is 29.6 Å². The Labute approximate surface area is 134 Å². The Morgan fingerprint density at radius 3 is 2.65 bits per heavy atom. The van der Waals surface area contributed by atoms with Crippen molar-refractivity contribution in [3.63, 3.8) is 0 Å². The van der Waals surface area contributed by atoms with Gasteiger partial charge >= 0.3 is 0 Å². The molecule has 0 spiro atoms. The highest BCUT2D eigenvalue weighted by molar-refractivity contribution is 5.88. The molecular formula is C18H19N3O2. The second-order valence-corrected chi connectivity index (χ2v) is 5.38. The van der Waals surface area contributed by atoms with Crippen LogP contribution >= 0.6 is 0 Å². The van der Waals surface area contributed by atoms with Gasteiger partial charge in [-0.05, 0) is 30.5 Å². The number of carbonyl (C=O) groups is 1. The molecule has 1 aromatic heterocycles. The lowest BCUT2D eigenvalue weighted by atomic mass is 10.2. The fraction of sp³-hybridized carbons (Fsp3) is 0.278. The molecule has 118 valence electrons. The van der Waals surface area contributed by atoms with Crippen LogP contribution in [-0.2, 0) is 11.3 Å². The first kappa shape index (κ1) is 15.4. The number of hydrogen-bond acceptors (Lipinski definition) is 4. The van der Waals surface area contributed by atoms with Crippen LogP contribution in [0.2, 0.25) is 0 Å². The number of aromatic nitrogens is 3. The fourth-order valence-electron chi connectivity index (χ4n) is 2.40. The zero-order valence-electron chi connectivity index (χ0n) is 12.9. The maximum Gasteiger partial charge on any atom is 0.248 e. The molecule has 0 N–H and O–H groups in total. The van der Waals surface area contributed by atoms with Crippen LogP contribution in [-0.4, -0.2) is 27.5 Å². The lowest BCUT2D eigenvalue weighted by Gasteiger charge is -2.04. The van der Waals surface area contributed by atoms with Crippen molar-refractivity contribution in [2.45, 2.75) is 25.9 Å². The van der Waals surface area contributed by atoms with E-state index in [-0.39, 0.29) is 5.91 Å². The Morgan fingerprint density at radius 2 is 1.78 bits per heavy atom. The zero-order chi connectivity index (χ0) is 15.9. The second kappa shape index (κ2) is 7.65. The number of benzene rings is 2. The van der Waals surface area contributed by atoms with E-state index in [1.54, 1.807) is 0 Å². The Morgan fingerprint density at radius 1 is 1.00 bits per heavy atom. The number of nitrogens with zero attached hydrogens (tertiary/aromatic N) is 3. The molecule has 0 saturated carbocycles. The number of carbonyl (C=O) groups excluding carboxylic acids is 1. The topological polar surface area (TPSA) is 57.0 Å². The van der Waals surface area contributed by atoms with Crippen molar-refractivity contribution in [1.82, 2.24) is 15.0 Å². The summed E-state index contributed by atoms with van der Waals surface area (Å²) in [6.07, 6.45) is 2.08. The summed E-state index contributed by atoms with van der Waals surface area (Å²) >= 11 is 0. The standard InChI is InChI=1S/C18H19N3O2/c22-18(21-17-11-5-4-10-16(17)19-20-21)12-6-7-13-23-14-15-8-2-1-3-9-15/h1-5,8-11H,6-7,12-14H2. The van der Waals surface area contributed by atoms with E-state index in [0.29, 0.717) is 19.6 Å². The van der Waals surface area contributed by atoms with Gasteiger partial charge in [0.25, 0.3) is 0 Å². The molecule has 3 rings (SSSR count). The molecular weight excluding hydrogens is 290 g/mol. The van der Waals surface area contributed by atoms with Crippen LogP contribution < -0.4 is 0 Å². The van der Waals surface area contributed by atoms with Gasteiger partial charge in [0.1, 0.15) is 5.52 Å². The molecule has 0 aliphatic heterocycles. The van der Waals surface area contributed by atoms with E-state index in [9.17, 15) is 4.79 Å². The summed E-state index contributed by atoms with van der Waals surface area (Å²) in [6.45, 7) is 1.27. The van der Waals surface area contributed by atoms with Crippen molar-refractivity contribution in [2.24, 2.45) is 0 Å². The number of para-hydroxylation sites is 1. The van der Waals surface area contributed by atoms with Crippen LogP contribution in [0.4, 0.5) is 0 Å². The van der Waals surface area contributed by atoms with E-state index in [0.717, 1.165) is 29.4 Å². The van der Waals surface area contributed by atoms with Crippen molar-refractivity contribution >= 4 is 16.9 Å². The highest BCUT2D eigenvalue weighted by Crippen LogP contribution is 2.11. The minimum absolute atomic E-state index is 0.0261. The monoisotopic (exact) mass is 309 g/mol. The Kier molecular flexibility index (Phi) is 5.11. The first-order chi connectivity index (χ1) is 11.3. The summed E-state index contributed by atoms with van der Waals surface area (Å²) < 4.78 is 7.01. The van der Waals surface area contributed by atoms with Gasteiger partial charge in [0.15, 0.2) is 0 Å². The molecule has 0 saturated heterocycles. The Hall–Kier alpha value is -2.53. The molecule has 1 heterocycles. The average Bonchev–Trinajstić information content (AvgIpc) is 3.03. The molecule has 5 heteroatoms. The number of rotatable bonds is 7. The van der Waals surface area contributed by atoms with Crippen LogP contribution in [0.15, 0.2) is 54.6 Å². The molecule has 0 fully saturated rings. The predicted octanol–water partition coefficient (Wildman–Crippen LogP) is 3.46. The molecule has 0 bridgehead atoms. The van der Waals surface area contributed by atoms with Gasteiger partial charge in [-0.1, -0.05) is 47.7 Å². The molecule has 0 aliphatic carbocycles. The zero-order valence-corrected chi connectivity index (χ0v) is 12.9. The summed E-state index contributed by atoms with van der Waals surface area (Å²) in [5.41, 5.74) is 2.67. The quantitative estimate of drug-likeness (QED) is 0.627. The molecule has 0 amide bonds. The summed E-state index contributed by atoms with van der Waals surface area (Å²) in [4.78, 5) is 12.2. The summed E-state index contributed by atoms with van der Waals surface area (Å²) in [7, 11) is 0. The maximum atomic E-state index is 12.2. The van der Waals surface area contributed by atoms with Crippen LogP contribution in [0.5, 0.6) is 0 Å². The van der Waals surface area contributed by atoms with Crippen molar-refractivity contribution in [3.8, 4) is 0 Å². The second-order valence-electron chi connectivity index (χ2n) is 5.38. The van der Waals surface area contributed by atoms with Gasteiger partial charge < -0.3 is 4.74 Å². The maximum absolute atomic E-state index is 12.2. The first-order valence-corrected chi connectivity index (χ1v) is 7.80. The van der Waals surface area contributed by atoms with E-state index >= 15 is 0 Å². The van der Waals surface area contributed by atoms with Crippen LogP contribution in [0.3, 0.4) is 0 Å². The third-order valence-electron chi connectivity index (χ3n) is 3.63. The molecule has 0 aliphatic rings. The average molecular weight is 309 g/mol. The number of hydrogen-bond donors (Lipinski definition) is 0. The minimum atomic E-state index is -0.0261. The SMILES string of the molecule is O=C(CCCCOCc1ccccc1)n1nnc2ccccc21. The van der Waals surface area contributed by atoms with Gasteiger partial charge in [-0.15, -0.1) is 5.10 Å². The number of fused-ring (bicyclic) bond motifs is 1. The van der Waals surface area contributed by atoms with Crippen LogP contribution in [0, 0.1) is 0 Å². The lowest BCUT2D eigenvalue weighted by molar-refractivity contribution is 0.0871. The third kappa shape index (κ3) is 4.02. The predicted molar refractivity (Wildman–Crippen MR) is 88.1 cm³/mol. The van der Waals surface area contributed by atoms with Gasteiger partial charge in [0, 0.05) is 13.0 Å². The van der Waals surface area contributed by atoms with Gasteiger partial charge in [-0.25, -0.2) is 0 Å². The van der Waals surface area contributed by atoms with E-state index in [1.165, 1.54) is 4.68 Å². The molecule has 3 aromatic rings. The van der Waals surface area contributed by atoms with E-state index in [4.69, 9.17) is 4.74 Å². The van der Waals surface area contributed by atoms with Crippen molar-refractivity contribution in [1.29, 1.82) is 0 Å². The van der Waals surface area contributed by atoms with Crippen molar-refractivity contribution < 1.29 is 9.53 Å². The van der Waals surface area contributed by atoms with E-state index < -0.39 is 0 Å². The smallest absolute Gasteiger partial charge is 0.248 e. The Bertz CT molecular complexity index is 768. The highest BCUT2D eigenvalue weighted by atomic mass is 16.5. The normalized spacial score (nSPS) is 11.0. The van der Waals surface area contributed by atoms with Crippen molar-refractivity contribution in [2.75, 3.05) is 6.61 Å². The van der Waals surface area contributed by atoms with Gasteiger partial charge in [0.05, 0.1) is 12.1 Å². The van der Waals surface area contributed by atoms with Crippen LogP contribution in [0.25, 0.3) is 11.0 Å². The summed E-state index contributed by atoms with van der Waals surface area (Å²) in [6, 6.07) is 17.5. The van der Waals surface area contributed by atoms with Gasteiger partial charge in [-0.2, -0.15) is 4.68 Å². The first-order valence-electron chi connectivity index (χ1n) is 7.80. The molecule has 2 aromatic carbocycles. The van der Waals surface area contributed by atoms with E-state index in [2.05, 4.69) is 10.3 Å². The highest BCUT2D eigenvalue weighted by Gasteiger charge is 2.10. The molecule has 0 radical (unpaired) electrons. The van der Waals surface area contributed by atoms with Gasteiger partial charge in [0.2, 0.25) is 5.91 Å². The largest absolute Gasteiger partial charge is 0.377 e. The Balaban J connectivity index is 1.40. The number of unbranched alkanes of at least 4 members (excludes halogenated alkanes) is 1. The van der Waals surface area contributed by atoms with Crippen molar-refractivity contribution in [3.05, 3.63) is 60.2 Å². The molecule has 0 atom stereocenters. The van der Waals surface area contributed by atoms with E-state index in [1.807, 2.05) is 54.6 Å². The molecule has 0 unspecified atom stereocenters. The third-order valence-corrected chi connectivity index (χ3v) is 3.63. The lowest BCUT2D eigenvalue weighted by Crippen LogP contribution is -2.12. The summed E-state index contributed by atoms with van der Waals surface area (Å²) in [5.74, 6) is -0.0261. The molecule has 23 heavy (non-hydrogen) atoms. The number of ether oxygens (including phenoxy) is 1. The summed E-state index contributed by atoms with van der Waals surface area (Å²) in [5, 5.41) is 7.93. The molecule has 5 nitrogen and oxygen atoms in total. The minimum Gasteiger partial charge on any atom is -0.377 e. The van der Waals surface area contributed by atoms with Gasteiger partial charge in [-0.3, -0.25) is 4.79 Å². The fourth-order valence-corrected chi connectivity index (χ4v) is 2.40.